The molecule has 0 unspecified atom stereocenters. The van der Waals surface area contributed by atoms with E-state index >= 15 is 0 Å². The maximum atomic E-state index is 11.9. The van der Waals surface area contributed by atoms with Gasteiger partial charge in [0, 0.05) is 32.0 Å². The number of aromatic nitrogens is 1. The van der Waals surface area contributed by atoms with Crippen LogP contribution in [-0.4, -0.2) is 29.0 Å². The molecule has 4 heteroatoms. The molecule has 2 heterocycles. The number of amides is 2. The van der Waals surface area contributed by atoms with Crippen LogP contribution in [0.4, 0.5) is 4.79 Å². The highest BCUT2D eigenvalue weighted by molar-refractivity contribution is 5.74. The number of urea groups is 1. The predicted molar refractivity (Wildman–Crippen MR) is 66.6 cm³/mol. The number of pyridine rings is 1. The minimum Gasteiger partial charge on any atom is -0.334 e. The van der Waals surface area contributed by atoms with Gasteiger partial charge in [-0.2, -0.15) is 0 Å². The van der Waals surface area contributed by atoms with Gasteiger partial charge >= 0.3 is 6.03 Å². The zero-order valence-electron chi connectivity index (χ0n) is 10.3. The van der Waals surface area contributed by atoms with Crippen molar-refractivity contribution in [2.45, 2.75) is 32.7 Å². The molecular weight excluding hydrogens is 214 g/mol. The first-order chi connectivity index (χ1) is 8.27. The maximum absolute atomic E-state index is 11.9. The first-order valence-electron chi connectivity index (χ1n) is 6.19. The van der Waals surface area contributed by atoms with E-state index in [-0.39, 0.29) is 6.03 Å². The van der Waals surface area contributed by atoms with Gasteiger partial charge in [0.05, 0.1) is 0 Å². The number of aryl methyl sites for hydroxylation is 1. The van der Waals surface area contributed by atoms with E-state index < -0.39 is 0 Å². The van der Waals surface area contributed by atoms with Crippen molar-refractivity contribution in [2.75, 3.05) is 13.1 Å². The average Bonchev–Trinajstić information content (AvgIpc) is 2.38. The first kappa shape index (κ1) is 11.9. The molecule has 0 aliphatic carbocycles. The summed E-state index contributed by atoms with van der Waals surface area (Å²) < 4.78 is 0. The standard InChI is InChI=1S/C13H19N3O/c1-11-9-14-6-5-12(11)10-15-13(17)16-7-3-2-4-8-16/h5-6,9H,2-4,7-8,10H2,1H3,(H,15,17). The monoisotopic (exact) mass is 233 g/mol. The molecule has 92 valence electrons. The van der Waals surface area contributed by atoms with Crippen LogP contribution < -0.4 is 5.32 Å². The normalized spacial score (nSPS) is 15.7. The molecule has 1 saturated heterocycles. The van der Waals surface area contributed by atoms with Gasteiger partial charge in [-0.1, -0.05) is 0 Å². The molecule has 2 amide bonds. The Kier molecular flexibility index (Phi) is 3.96. The minimum atomic E-state index is 0.0564. The van der Waals surface area contributed by atoms with Crippen molar-refractivity contribution in [3.05, 3.63) is 29.6 Å². The number of rotatable bonds is 2. The van der Waals surface area contributed by atoms with E-state index in [0.717, 1.165) is 37.1 Å². The SMILES string of the molecule is Cc1cnccc1CNC(=O)N1CCCCC1. The summed E-state index contributed by atoms with van der Waals surface area (Å²) in [6.45, 7) is 4.38. The van der Waals surface area contributed by atoms with Gasteiger partial charge in [0.15, 0.2) is 0 Å². The highest BCUT2D eigenvalue weighted by Crippen LogP contribution is 2.09. The van der Waals surface area contributed by atoms with E-state index in [1.165, 1.54) is 6.42 Å². The van der Waals surface area contributed by atoms with Crippen molar-refractivity contribution in [2.24, 2.45) is 0 Å². The third kappa shape index (κ3) is 3.19. The van der Waals surface area contributed by atoms with E-state index in [1.54, 1.807) is 6.20 Å². The Hall–Kier alpha value is -1.58. The summed E-state index contributed by atoms with van der Waals surface area (Å²) in [6.07, 6.45) is 7.08. The van der Waals surface area contributed by atoms with Gasteiger partial charge in [0.1, 0.15) is 0 Å². The Morgan fingerprint density at radius 1 is 1.41 bits per heavy atom. The van der Waals surface area contributed by atoms with Crippen LogP contribution in [0.5, 0.6) is 0 Å². The topological polar surface area (TPSA) is 45.2 Å². The molecule has 0 bridgehead atoms. The van der Waals surface area contributed by atoms with Crippen molar-refractivity contribution in [3.8, 4) is 0 Å². The summed E-state index contributed by atoms with van der Waals surface area (Å²) >= 11 is 0. The van der Waals surface area contributed by atoms with Crippen molar-refractivity contribution < 1.29 is 4.79 Å². The van der Waals surface area contributed by atoms with Gasteiger partial charge in [0.25, 0.3) is 0 Å². The summed E-state index contributed by atoms with van der Waals surface area (Å²) in [6, 6.07) is 2.01. The lowest BCUT2D eigenvalue weighted by atomic mass is 10.1. The molecule has 0 radical (unpaired) electrons. The second kappa shape index (κ2) is 5.66. The lowest BCUT2D eigenvalue weighted by Crippen LogP contribution is -2.42. The fourth-order valence-corrected chi connectivity index (χ4v) is 2.08. The summed E-state index contributed by atoms with van der Waals surface area (Å²) in [5.74, 6) is 0. The number of carbonyl (C=O) groups is 1. The molecule has 2 rings (SSSR count). The summed E-state index contributed by atoms with van der Waals surface area (Å²) in [5, 5.41) is 2.97. The molecule has 0 saturated carbocycles. The van der Waals surface area contributed by atoms with Crippen LogP contribution in [0, 0.1) is 6.92 Å². The molecule has 0 spiro atoms. The van der Waals surface area contributed by atoms with Crippen LogP contribution in [0.25, 0.3) is 0 Å². The third-order valence-electron chi connectivity index (χ3n) is 3.21. The van der Waals surface area contributed by atoms with Crippen molar-refractivity contribution in [1.29, 1.82) is 0 Å². The zero-order valence-corrected chi connectivity index (χ0v) is 10.3. The number of hydrogen-bond donors (Lipinski definition) is 1. The van der Waals surface area contributed by atoms with Crippen molar-refractivity contribution in [1.82, 2.24) is 15.2 Å². The van der Waals surface area contributed by atoms with Crippen molar-refractivity contribution >= 4 is 6.03 Å². The second-order valence-corrected chi connectivity index (χ2v) is 4.51. The molecule has 1 fully saturated rings. The Morgan fingerprint density at radius 3 is 2.88 bits per heavy atom. The van der Waals surface area contributed by atoms with E-state index in [4.69, 9.17) is 0 Å². The molecule has 1 aliphatic rings. The van der Waals surface area contributed by atoms with Crippen LogP contribution in [0.15, 0.2) is 18.5 Å². The van der Waals surface area contributed by atoms with Gasteiger partial charge in [-0.05, 0) is 43.4 Å². The van der Waals surface area contributed by atoms with Gasteiger partial charge in [-0.15, -0.1) is 0 Å². The fourth-order valence-electron chi connectivity index (χ4n) is 2.08. The minimum absolute atomic E-state index is 0.0564. The number of carbonyl (C=O) groups excluding carboxylic acids is 1. The molecular formula is C13H19N3O. The van der Waals surface area contributed by atoms with Gasteiger partial charge < -0.3 is 10.2 Å². The Morgan fingerprint density at radius 2 is 2.18 bits per heavy atom. The van der Waals surface area contributed by atoms with Gasteiger partial charge in [-0.25, -0.2) is 4.79 Å². The number of hydrogen-bond acceptors (Lipinski definition) is 2. The lowest BCUT2D eigenvalue weighted by molar-refractivity contribution is 0.186. The van der Waals surface area contributed by atoms with Crippen LogP contribution in [0.2, 0.25) is 0 Å². The molecule has 4 nitrogen and oxygen atoms in total. The van der Waals surface area contributed by atoms with Crippen LogP contribution in [0.3, 0.4) is 0 Å². The largest absolute Gasteiger partial charge is 0.334 e. The van der Waals surface area contributed by atoms with E-state index in [9.17, 15) is 4.79 Å². The zero-order chi connectivity index (χ0) is 12.1. The third-order valence-corrected chi connectivity index (χ3v) is 3.21. The van der Waals surface area contributed by atoms with E-state index in [1.807, 2.05) is 24.1 Å². The van der Waals surface area contributed by atoms with Gasteiger partial charge in [-0.3, -0.25) is 4.98 Å². The highest BCUT2D eigenvalue weighted by atomic mass is 16.2. The number of nitrogens with zero attached hydrogens (tertiary/aromatic N) is 2. The van der Waals surface area contributed by atoms with Crippen molar-refractivity contribution in [3.63, 3.8) is 0 Å². The number of piperidine rings is 1. The molecule has 1 N–H and O–H groups in total. The lowest BCUT2D eigenvalue weighted by Gasteiger charge is -2.26. The summed E-state index contributed by atoms with van der Waals surface area (Å²) in [7, 11) is 0. The number of nitrogens with one attached hydrogen (secondary N) is 1. The van der Waals surface area contributed by atoms with Crippen LogP contribution >= 0.6 is 0 Å². The molecule has 0 atom stereocenters. The maximum Gasteiger partial charge on any atom is 0.317 e. The van der Waals surface area contributed by atoms with Crippen LogP contribution in [0.1, 0.15) is 30.4 Å². The molecule has 1 aromatic rings. The number of likely N-dealkylation sites (tertiary alicyclic amines) is 1. The molecule has 1 aliphatic heterocycles. The highest BCUT2D eigenvalue weighted by Gasteiger charge is 2.15. The quantitative estimate of drug-likeness (QED) is 0.850. The summed E-state index contributed by atoms with van der Waals surface area (Å²) in [4.78, 5) is 17.8. The van der Waals surface area contributed by atoms with Crippen LogP contribution in [-0.2, 0) is 6.54 Å². The predicted octanol–water partition coefficient (Wildman–Crippen LogP) is 2.09. The van der Waals surface area contributed by atoms with Gasteiger partial charge in [0.2, 0.25) is 0 Å². The van der Waals surface area contributed by atoms with E-state index in [0.29, 0.717) is 6.54 Å². The molecule has 0 aromatic carbocycles. The Balaban J connectivity index is 1.85. The summed E-state index contributed by atoms with van der Waals surface area (Å²) in [5.41, 5.74) is 2.25. The Labute approximate surface area is 102 Å². The fraction of sp³-hybridized carbons (Fsp3) is 0.538. The second-order valence-electron chi connectivity index (χ2n) is 4.51. The van der Waals surface area contributed by atoms with E-state index in [2.05, 4.69) is 10.3 Å². The Bertz CT molecular complexity index is 386. The average molecular weight is 233 g/mol. The molecule has 17 heavy (non-hydrogen) atoms. The first-order valence-corrected chi connectivity index (χ1v) is 6.19. The smallest absolute Gasteiger partial charge is 0.317 e. The molecule has 1 aromatic heterocycles.